The number of nitrogens with zero attached hydrogens (tertiary/aromatic N) is 1. The van der Waals surface area contributed by atoms with Crippen LogP contribution in [0.5, 0.6) is 5.75 Å². The fraction of sp³-hybridized carbons (Fsp3) is 0.462. The zero-order valence-electron chi connectivity index (χ0n) is 10.4. The summed E-state index contributed by atoms with van der Waals surface area (Å²) < 4.78 is 18.3. The molecule has 1 rings (SSSR count). The van der Waals surface area contributed by atoms with E-state index in [9.17, 15) is 9.18 Å². The van der Waals surface area contributed by atoms with Crippen molar-refractivity contribution < 1.29 is 13.9 Å². The van der Waals surface area contributed by atoms with E-state index >= 15 is 0 Å². The Morgan fingerprint density at radius 1 is 1.41 bits per heavy atom. The normalized spacial score (nSPS) is 10.4. The number of hydrogen-bond acceptors (Lipinski definition) is 2. The van der Waals surface area contributed by atoms with Gasteiger partial charge in [0.15, 0.2) is 18.2 Å². The first kappa shape index (κ1) is 13.5. The lowest BCUT2D eigenvalue weighted by Crippen LogP contribution is -2.34. The molecule has 1 aromatic rings. The molecule has 0 saturated heterocycles. The van der Waals surface area contributed by atoms with E-state index in [4.69, 9.17) is 4.74 Å². The highest BCUT2D eigenvalue weighted by molar-refractivity contribution is 5.77. The highest BCUT2D eigenvalue weighted by Crippen LogP contribution is 2.15. The Labute approximate surface area is 101 Å². The first-order valence-corrected chi connectivity index (χ1v) is 5.62. The summed E-state index contributed by atoms with van der Waals surface area (Å²) in [6, 6.07) is 6.05. The second-order valence-corrected chi connectivity index (χ2v) is 4.39. The smallest absolute Gasteiger partial charge is 0.260 e. The fourth-order valence-electron chi connectivity index (χ4n) is 1.46. The molecule has 0 radical (unpaired) electrons. The molecule has 4 heteroatoms. The van der Waals surface area contributed by atoms with Crippen molar-refractivity contribution in [1.82, 2.24) is 4.90 Å². The van der Waals surface area contributed by atoms with E-state index < -0.39 is 5.82 Å². The Kier molecular flexibility index (Phi) is 4.94. The maximum Gasteiger partial charge on any atom is 0.260 e. The van der Waals surface area contributed by atoms with Gasteiger partial charge in [-0.05, 0) is 18.1 Å². The number of carbonyl (C=O) groups is 1. The Bertz CT molecular complexity index is 379. The van der Waals surface area contributed by atoms with Crippen LogP contribution in [0.1, 0.15) is 13.8 Å². The van der Waals surface area contributed by atoms with E-state index in [1.165, 1.54) is 12.1 Å². The molecule has 0 aromatic heterocycles. The minimum Gasteiger partial charge on any atom is -0.481 e. The molecule has 0 aliphatic heterocycles. The van der Waals surface area contributed by atoms with E-state index in [1.54, 1.807) is 24.1 Å². The average molecular weight is 239 g/mol. The van der Waals surface area contributed by atoms with Gasteiger partial charge in [-0.3, -0.25) is 4.79 Å². The van der Waals surface area contributed by atoms with E-state index in [0.717, 1.165) is 0 Å². The summed E-state index contributed by atoms with van der Waals surface area (Å²) in [7, 11) is 1.72. The lowest BCUT2D eigenvalue weighted by Gasteiger charge is -2.19. The summed E-state index contributed by atoms with van der Waals surface area (Å²) in [5.74, 6) is -0.0926. The van der Waals surface area contributed by atoms with Crippen LogP contribution in [-0.4, -0.2) is 31.0 Å². The van der Waals surface area contributed by atoms with Crippen LogP contribution in [0, 0.1) is 11.7 Å². The Hall–Kier alpha value is -1.58. The van der Waals surface area contributed by atoms with Gasteiger partial charge in [0.05, 0.1) is 0 Å². The predicted octanol–water partition coefficient (Wildman–Crippen LogP) is 2.32. The highest BCUT2D eigenvalue weighted by atomic mass is 19.1. The zero-order chi connectivity index (χ0) is 12.8. The number of halogens is 1. The minimum absolute atomic E-state index is 0.110. The van der Waals surface area contributed by atoms with Gasteiger partial charge in [-0.2, -0.15) is 0 Å². The lowest BCUT2D eigenvalue weighted by atomic mass is 10.2. The average Bonchev–Trinajstić information content (AvgIpc) is 2.26. The number of carbonyl (C=O) groups excluding carboxylic acids is 1. The standard InChI is InChI=1S/C13H18FNO2/c1-10(2)8-15(3)13(16)9-17-12-7-5-4-6-11(12)14/h4-7,10H,8-9H2,1-3H3. The molecule has 0 N–H and O–H groups in total. The van der Waals surface area contributed by atoms with Crippen LogP contribution in [0.4, 0.5) is 4.39 Å². The summed E-state index contributed by atoms with van der Waals surface area (Å²) in [6.07, 6.45) is 0. The van der Waals surface area contributed by atoms with Crippen LogP contribution in [0.2, 0.25) is 0 Å². The van der Waals surface area contributed by atoms with Crippen molar-refractivity contribution >= 4 is 5.91 Å². The van der Waals surface area contributed by atoms with Gasteiger partial charge in [0.25, 0.3) is 5.91 Å². The summed E-state index contributed by atoms with van der Waals surface area (Å²) in [5, 5.41) is 0. The maximum atomic E-state index is 13.2. The molecular weight excluding hydrogens is 221 g/mol. The minimum atomic E-state index is -0.452. The van der Waals surface area contributed by atoms with E-state index in [0.29, 0.717) is 12.5 Å². The summed E-state index contributed by atoms with van der Waals surface area (Å²) in [6.45, 7) is 4.59. The SMILES string of the molecule is CC(C)CN(C)C(=O)COc1ccccc1F. The largest absolute Gasteiger partial charge is 0.481 e. The van der Waals surface area contributed by atoms with Crippen LogP contribution in [-0.2, 0) is 4.79 Å². The summed E-state index contributed by atoms with van der Waals surface area (Å²) in [5.41, 5.74) is 0. The van der Waals surface area contributed by atoms with Crippen molar-refractivity contribution in [2.45, 2.75) is 13.8 Å². The third-order valence-electron chi connectivity index (χ3n) is 2.25. The maximum absolute atomic E-state index is 13.2. The van der Waals surface area contributed by atoms with Gasteiger partial charge >= 0.3 is 0 Å². The molecule has 0 atom stereocenters. The third kappa shape index (κ3) is 4.43. The van der Waals surface area contributed by atoms with Gasteiger partial charge in [-0.15, -0.1) is 0 Å². The highest BCUT2D eigenvalue weighted by Gasteiger charge is 2.11. The number of ether oxygens (including phenoxy) is 1. The van der Waals surface area contributed by atoms with Crippen molar-refractivity contribution in [1.29, 1.82) is 0 Å². The molecule has 0 heterocycles. The van der Waals surface area contributed by atoms with Crippen LogP contribution in [0.15, 0.2) is 24.3 Å². The number of para-hydroxylation sites is 1. The summed E-state index contributed by atoms with van der Waals surface area (Å²) >= 11 is 0. The number of likely N-dealkylation sites (N-methyl/N-ethyl adjacent to an activating group) is 1. The number of hydrogen-bond donors (Lipinski definition) is 0. The molecule has 94 valence electrons. The van der Waals surface area contributed by atoms with Gasteiger partial charge in [0, 0.05) is 13.6 Å². The number of benzene rings is 1. The van der Waals surface area contributed by atoms with Crippen LogP contribution >= 0.6 is 0 Å². The van der Waals surface area contributed by atoms with Gasteiger partial charge in [-0.25, -0.2) is 4.39 Å². The van der Waals surface area contributed by atoms with Crippen LogP contribution in [0.3, 0.4) is 0 Å². The second-order valence-electron chi connectivity index (χ2n) is 4.39. The monoisotopic (exact) mass is 239 g/mol. The van der Waals surface area contributed by atoms with Gasteiger partial charge in [-0.1, -0.05) is 26.0 Å². The molecule has 0 spiro atoms. The second kappa shape index (κ2) is 6.23. The molecule has 0 aliphatic rings. The molecule has 1 amide bonds. The molecule has 0 aliphatic carbocycles. The predicted molar refractivity (Wildman–Crippen MR) is 64.4 cm³/mol. The molecule has 17 heavy (non-hydrogen) atoms. The van der Waals surface area contributed by atoms with Crippen LogP contribution in [0.25, 0.3) is 0 Å². The van der Waals surface area contributed by atoms with Crippen molar-refractivity contribution in [3.05, 3.63) is 30.1 Å². The number of amides is 1. The fourth-order valence-corrected chi connectivity index (χ4v) is 1.46. The summed E-state index contributed by atoms with van der Waals surface area (Å²) in [4.78, 5) is 13.2. The molecule has 3 nitrogen and oxygen atoms in total. The zero-order valence-corrected chi connectivity index (χ0v) is 10.4. The molecular formula is C13H18FNO2. The van der Waals surface area contributed by atoms with E-state index in [2.05, 4.69) is 0 Å². The van der Waals surface area contributed by atoms with Crippen LogP contribution < -0.4 is 4.74 Å². The van der Waals surface area contributed by atoms with Crippen molar-refractivity contribution in [2.75, 3.05) is 20.2 Å². The van der Waals surface area contributed by atoms with Gasteiger partial charge in [0.1, 0.15) is 0 Å². The van der Waals surface area contributed by atoms with Crippen molar-refractivity contribution in [2.24, 2.45) is 5.92 Å². The van der Waals surface area contributed by atoms with Gasteiger partial charge in [0.2, 0.25) is 0 Å². The Morgan fingerprint density at radius 2 is 2.06 bits per heavy atom. The van der Waals surface area contributed by atoms with Gasteiger partial charge < -0.3 is 9.64 Å². The molecule has 0 fully saturated rings. The Balaban J connectivity index is 2.46. The van der Waals surface area contributed by atoms with E-state index in [1.807, 2.05) is 13.8 Å². The molecule has 1 aromatic carbocycles. The van der Waals surface area contributed by atoms with E-state index in [-0.39, 0.29) is 18.3 Å². The topological polar surface area (TPSA) is 29.5 Å². The lowest BCUT2D eigenvalue weighted by molar-refractivity contribution is -0.132. The Morgan fingerprint density at radius 3 is 2.65 bits per heavy atom. The molecule has 0 saturated carbocycles. The quantitative estimate of drug-likeness (QED) is 0.789. The molecule has 0 unspecified atom stereocenters. The molecule has 0 bridgehead atoms. The van der Waals surface area contributed by atoms with Crippen molar-refractivity contribution in [3.63, 3.8) is 0 Å². The first-order chi connectivity index (χ1) is 8.00. The third-order valence-corrected chi connectivity index (χ3v) is 2.25. The first-order valence-electron chi connectivity index (χ1n) is 5.62. The van der Waals surface area contributed by atoms with Crippen molar-refractivity contribution in [3.8, 4) is 5.75 Å². The number of rotatable bonds is 5.